The van der Waals surface area contributed by atoms with Crippen LogP contribution in [0.1, 0.15) is 46.5 Å². The Kier molecular flexibility index (Phi) is 5.52. The summed E-state index contributed by atoms with van der Waals surface area (Å²) in [7, 11) is 0. The zero-order chi connectivity index (χ0) is 23.0. The molecule has 0 spiro atoms. The standard InChI is InChI=1S/C24H21NO7/c1-13(2)9-19(25-22(28)17-5-3-4-6-18(17)23(25)29)24(30)31-12-14-10-21(27)32-20-11-15(26)7-8-16(14)20/h3-8,10-11,13,19,26H,9,12H2,1-2H3/t19-/m1/s1. The topological polar surface area (TPSA) is 114 Å². The fourth-order valence-electron chi connectivity index (χ4n) is 3.83. The van der Waals surface area contributed by atoms with Crippen molar-refractivity contribution < 1.29 is 28.6 Å². The SMILES string of the molecule is CC(C)C[C@H](C(=O)OCc1cc(=O)oc2cc(O)ccc12)N1C(=O)c2ccccc2C1=O. The van der Waals surface area contributed by atoms with E-state index in [9.17, 15) is 24.3 Å². The van der Waals surface area contributed by atoms with E-state index in [2.05, 4.69) is 0 Å². The van der Waals surface area contributed by atoms with Crippen LogP contribution in [0.4, 0.5) is 0 Å². The quantitative estimate of drug-likeness (QED) is 0.359. The van der Waals surface area contributed by atoms with Crippen molar-refractivity contribution in [3.8, 4) is 5.75 Å². The summed E-state index contributed by atoms with van der Waals surface area (Å²) in [4.78, 5) is 51.6. The molecule has 0 saturated carbocycles. The van der Waals surface area contributed by atoms with Gasteiger partial charge in [0, 0.05) is 23.1 Å². The molecule has 0 unspecified atom stereocenters. The Morgan fingerprint density at radius 2 is 1.69 bits per heavy atom. The number of hydrogen-bond acceptors (Lipinski definition) is 7. The summed E-state index contributed by atoms with van der Waals surface area (Å²) in [5.74, 6) is -1.88. The third-order valence-corrected chi connectivity index (χ3v) is 5.29. The van der Waals surface area contributed by atoms with Crippen LogP contribution in [0, 0.1) is 5.92 Å². The highest BCUT2D eigenvalue weighted by Gasteiger charge is 2.43. The van der Waals surface area contributed by atoms with Crippen molar-refractivity contribution in [3.05, 3.63) is 75.6 Å². The summed E-state index contributed by atoms with van der Waals surface area (Å²) < 4.78 is 10.5. The van der Waals surface area contributed by atoms with Crippen LogP contribution in [0.15, 0.2) is 57.7 Å². The molecule has 2 heterocycles. The van der Waals surface area contributed by atoms with Crippen molar-refractivity contribution >= 4 is 28.8 Å². The van der Waals surface area contributed by atoms with Crippen LogP contribution in [-0.4, -0.2) is 33.8 Å². The summed E-state index contributed by atoms with van der Waals surface area (Å²) in [6, 6.07) is 10.8. The molecule has 1 aromatic heterocycles. The molecule has 1 N–H and O–H groups in total. The van der Waals surface area contributed by atoms with Crippen molar-refractivity contribution in [3.63, 3.8) is 0 Å². The second-order valence-electron chi connectivity index (χ2n) is 8.05. The lowest BCUT2D eigenvalue weighted by molar-refractivity contribution is -0.150. The smallest absolute Gasteiger partial charge is 0.336 e. The second-order valence-corrected chi connectivity index (χ2v) is 8.05. The van der Waals surface area contributed by atoms with Crippen LogP contribution >= 0.6 is 0 Å². The number of esters is 1. The molecule has 0 bridgehead atoms. The molecular weight excluding hydrogens is 414 g/mol. The maximum absolute atomic E-state index is 13.0. The van der Waals surface area contributed by atoms with Gasteiger partial charge in [0.1, 0.15) is 24.0 Å². The van der Waals surface area contributed by atoms with Crippen molar-refractivity contribution in [2.45, 2.75) is 32.9 Å². The zero-order valence-electron chi connectivity index (χ0n) is 17.5. The van der Waals surface area contributed by atoms with Gasteiger partial charge in [-0.15, -0.1) is 0 Å². The van der Waals surface area contributed by atoms with E-state index in [0.29, 0.717) is 10.9 Å². The molecule has 1 aliphatic heterocycles. The number of fused-ring (bicyclic) bond motifs is 2. The summed E-state index contributed by atoms with van der Waals surface area (Å²) in [5, 5.41) is 10.1. The largest absolute Gasteiger partial charge is 0.508 e. The molecule has 0 radical (unpaired) electrons. The van der Waals surface area contributed by atoms with E-state index in [4.69, 9.17) is 9.15 Å². The van der Waals surface area contributed by atoms with E-state index >= 15 is 0 Å². The average Bonchev–Trinajstić information content (AvgIpc) is 3.00. The van der Waals surface area contributed by atoms with Crippen LogP contribution < -0.4 is 5.63 Å². The van der Waals surface area contributed by atoms with Gasteiger partial charge >= 0.3 is 11.6 Å². The lowest BCUT2D eigenvalue weighted by Gasteiger charge is -2.26. The molecule has 0 aliphatic carbocycles. The Morgan fingerprint density at radius 1 is 1.03 bits per heavy atom. The fraction of sp³-hybridized carbons (Fsp3) is 0.250. The normalized spacial score (nSPS) is 14.2. The number of aromatic hydroxyl groups is 1. The highest BCUT2D eigenvalue weighted by Crippen LogP contribution is 2.28. The minimum Gasteiger partial charge on any atom is -0.508 e. The van der Waals surface area contributed by atoms with Gasteiger partial charge in [-0.3, -0.25) is 14.5 Å². The lowest BCUT2D eigenvalue weighted by Crippen LogP contribution is -2.46. The Balaban J connectivity index is 1.61. The first-order valence-corrected chi connectivity index (χ1v) is 10.2. The maximum Gasteiger partial charge on any atom is 0.336 e. The van der Waals surface area contributed by atoms with Crippen molar-refractivity contribution in [1.29, 1.82) is 0 Å². The van der Waals surface area contributed by atoms with Crippen LogP contribution in [0.5, 0.6) is 5.75 Å². The maximum atomic E-state index is 13.0. The van der Waals surface area contributed by atoms with Crippen LogP contribution in [0.25, 0.3) is 11.0 Å². The van der Waals surface area contributed by atoms with Gasteiger partial charge in [-0.2, -0.15) is 0 Å². The number of amides is 2. The third kappa shape index (κ3) is 3.87. The molecule has 3 aromatic rings. The molecule has 1 atom stereocenters. The molecule has 2 aromatic carbocycles. The number of carbonyl (C=O) groups is 3. The first-order chi connectivity index (χ1) is 15.3. The Bertz CT molecular complexity index is 1260. The molecule has 1 aliphatic rings. The van der Waals surface area contributed by atoms with Gasteiger partial charge in [0.15, 0.2) is 0 Å². The van der Waals surface area contributed by atoms with Gasteiger partial charge in [0.05, 0.1) is 11.1 Å². The van der Waals surface area contributed by atoms with E-state index in [0.717, 1.165) is 4.90 Å². The summed E-state index contributed by atoms with van der Waals surface area (Å²) in [5.41, 5.74) is 0.391. The van der Waals surface area contributed by atoms with Gasteiger partial charge in [-0.25, -0.2) is 9.59 Å². The number of phenols is 1. The van der Waals surface area contributed by atoms with Crippen LogP contribution in [0.3, 0.4) is 0 Å². The molecule has 4 rings (SSSR count). The van der Waals surface area contributed by atoms with E-state index in [1.165, 1.54) is 18.2 Å². The lowest BCUT2D eigenvalue weighted by atomic mass is 10.0. The highest BCUT2D eigenvalue weighted by molar-refractivity contribution is 6.22. The molecule has 8 heteroatoms. The van der Waals surface area contributed by atoms with Crippen LogP contribution in [0.2, 0.25) is 0 Å². The van der Waals surface area contributed by atoms with E-state index in [-0.39, 0.29) is 41.4 Å². The first kappa shape index (κ1) is 21.3. The number of nitrogens with zero attached hydrogens (tertiary/aromatic N) is 1. The number of ether oxygens (including phenoxy) is 1. The molecule has 0 fully saturated rings. The zero-order valence-corrected chi connectivity index (χ0v) is 17.5. The number of benzene rings is 2. The Hall–Kier alpha value is -3.94. The summed E-state index contributed by atoms with van der Waals surface area (Å²) in [6.45, 7) is 3.49. The predicted molar refractivity (Wildman–Crippen MR) is 114 cm³/mol. The number of hydrogen-bond donors (Lipinski definition) is 1. The van der Waals surface area contributed by atoms with Crippen LogP contribution in [-0.2, 0) is 16.1 Å². The van der Waals surface area contributed by atoms with E-state index in [1.54, 1.807) is 30.3 Å². The minimum atomic E-state index is -1.10. The average molecular weight is 435 g/mol. The number of imide groups is 1. The molecule has 164 valence electrons. The monoisotopic (exact) mass is 435 g/mol. The van der Waals surface area contributed by atoms with Gasteiger partial charge in [-0.05, 0) is 36.6 Å². The summed E-state index contributed by atoms with van der Waals surface area (Å²) in [6.07, 6.45) is 0.232. The van der Waals surface area contributed by atoms with Gasteiger partial charge in [0.2, 0.25) is 0 Å². The van der Waals surface area contributed by atoms with Gasteiger partial charge in [0.25, 0.3) is 11.8 Å². The van der Waals surface area contributed by atoms with E-state index in [1.807, 2.05) is 13.8 Å². The fourth-order valence-corrected chi connectivity index (χ4v) is 3.83. The first-order valence-electron chi connectivity index (χ1n) is 10.2. The van der Waals surface area contributed by atoms with Gasteiger partial charge < -0.3 is 14.3 Å². The molecule has 0 saturated heterocycles. The predicted octanol–water partition coefficient (Wildman–Crippen LogP) is 3.25. The Morgan fingerprint density at radius 3 is 2.31 bits per heavy atom. The van der Waals surface area contributed by atoms with Gasteiger partial charge in [-0.1, -0.05) is 26.0 Å². The second kappa shape index (κ2) is 8.30. The van der Waals surface area contributed by atoms with E-state index < -0.39 is 29.5 Å². The van der Waals surface area contributed by atoms with Crippen molar-refractivity contribution in [2.75, 3.05) is 0 Å². The number of carbonyl (C=O) groups excluding carboxylic acids is 3. The molecule has 8 nitrogen and oxygen atoms in total. The minimum absolute atomic E-state index is 0.00411. The summed E-state index contributed by atoms with van der Waals surface area (Å²) >= 11 is 0. The molecule has 32 heavy (non-hydrogen) atoms. The Labute approximate surface area is 183 Å². The van der Waals surface area contributed by atoms with Crippen molar-refractivity contribution in [2.24, 2.45) is 5.92 Å². The van der Waals surface area contributed by atoms with Crippen molar-refractivity contribution in [1.82, 2.24) is 4.90 Å². The number of phenolic OH excluding ortho intramolecular Hbond substituents is 1. The molecular formula is C24H21NO7. The third-order valence-electron chi connectivity index (χ3n) is 5.29. The number of rotatable bonds is 6. The molecule has 2 amide bonds. The highest BCUT2D eigenvalue weighted by atomic mass is 16.5.